The zero-order valence-electron chi connectivity index (χ0n) is 7.85. The third-order valence-corrected chi connectivity index (χ3v) is 1.46. The van der Waals surface area contributed by atoms with E-state index in [9.17, 15) is 0 Å². The first-order chi connectivity index (χ1) is 6.22. The van der Waals surface area contributed by atoms with Gasteiger partial charge >= 0.3 is 0 Å². The minimum atomic E-state index is -0.184. The number of rotatable bonds is 7. The van der Waals surface area contributed by atoms with Gasteiger partial charge in [0.05, 0.1) is 0 Å². The maximum atomic E-state index is 7.09. The van der Waals surface area contributed by atoms with E-state index in [4.69, 9.17) is 16.6 Å². The number of guanidine groups is 1. The van der Waals surface area contributed by atoms with Gasteiger partial charge in [-0.3, -0.25) is 16.2 Å². The molecule has 6 N–H and O–H groups in total. The Morgan fingerprint density at radius 1 is 1.54 bits per heavy atom. The minimum Gasteiger partial charge on any atom is -0.367 e. The fourth-order valence-electron chi connectivity index (χ4n) is 0.807. The Morgan fingerprint density at radius 2 is 2.23 bits per heavy atom. The fourth-order valence-corrected chi connectivity index (χ4v) is 0.807. The molecule has 0 aromatic heterocycles. The predicted molar refractivity (Wildman–Crippen MR) is 52.1 cm³/mol. The second-order valence-electron chi connectivity index (χ2n) is 2.57. The van der Waals surface area contributed by atoms with Crippen molar-refractivity contribution < 1.29 is 0 Å². The van der Waals surface area contributed by atoms with Crippen LogP contribution in [0, 0.1) is 10.8 Å². The van der Waals surface area contributed by atoms with Crippen LogP contribution in [0.1, 0.15) is 26.2 Å². The molecule has 6 heteroatoms. The Labute approximate surface area is 78.4 Å². The van der Waals surface area contributed by atoms with Crippen LogP contribution in [-0.2, 0) is 0 Å². The van der Waals surface area contributed by atoms with E-state index in [1.807, 2.05) is 6.34 Å². The molecule has 0 aromatic rings. The third-order valence-electron chi connectivity index (χ3n) is 1.46. The lowest BCUT2D eigenvalue weighted by molar-refractivity contribution is 0.264. The molecule has 0 aromatic carbocycles. The third kappa shape index (κ3) is 5.92. The molecule has 0 heterocycles. The van der Waals surface area contributed by atoms with Gasteiger partial charge in [0.25, 0.3) is 0 Å². The molecule has 0 fully saturated rings. The zero-order chi connectivity index (χ0) is 10.1. The van der Waals surface area contributed by atoms with Crippen molar-refractivity contribution in [3.8, 4) is 0 Å². The van der Waals surface area contributed by atoms with Crippen molar-refractivity contribution in [3.05, 3.63) is 0 Å². The summed E-state index contributed by atoms with van der Waals surface area (Å²) in [7, 11) is 0. The van der Waals surface area contributed by atoms with Crippen molar-refractivity contribution in [1.29, 1.82) is 10.8 Å². The molecule has 1 radical (unpaired) electrons. The molecule has 0 aliphatic carbocycles. The highest BCUT2D eigenvalue weighted by Crippen LogP contribution is 1.90. The molecule has 0 aliphatic rings. The van der Waals surface area contributed by atoms with E-state index < -0.39 is 0 Å². The normalized spacial score (nSPS) is 9.31. The van der Waals surface area contributed by atoms with Crippen LogP contribution >= 0.6 is 0 Å². The Hall–Kier alpha value is -1.30. The van der Waals surface area contributed by atoms with E-state index in [1.165, 1.54) is 0 Å². The molecule has 6 nitrogen and oxygen atoms in total. The minimum absolute atomic E-state index is 0.184. The van der Waals surface area contributed by atoms with E-state index in [0.717, 1.165) is 30.9 Å². The zero-order valence-corrected chi connectivity index (χ0v) is 7.85. The predicted octanol–water partition coefficient (Wildman–Crippen LogP) is -0.135. The first-order valence-electron chi connectivity index (χ1n) is 4.27. The van der Waals surface area contributed by atoms with Crippen molar-refractivity contribution in [2.75, 3.05) is 6.54 Å². The first kappa shape index (κ1) is 11.7. The molecule has 0 aliphatic heterocycles. The lowest BCUT2D eigenvalue weighted by atomic mass is 10.2. The van der Waals surface area contributed by atoms with Crippen LogP contribution in [0.5, 0.6) is 0 Å². The second kappa shape index (κ2) is 7.35. The summed E-state index contributed by atoms with van der Waals surface area (Å²) in [6.07, 6.45) is 5.22. The number of hydrogen-bond acceptors (Lipinski definition) is 3. The summed E-state index contributed by atoms with van der Waals surface area (Å²) in [4.78, 5) is 0. The average molecular weight is 185 g/mol. The second-order valence-corrected chi connectivity index (χ2v) is 2.57. The van der Waals surface area contributed by atoms with Crippen LogP contribution in [0.25, 0.3) is 0 Å². The van der Waals surface area contributed by atoms with Crippen LogP contribution in [-0.4, -0.2) is 24.0 Å². The molecule has 0 unspecified atom stereocenters. The van der Waals surface area contributed by atoms with Crippen molar-refractivity contribution in [3.63, 3.8) is 0 Å². The Morgan fingerprint density at radius 3 is 2.69 bits per heavy atom. The number of hydrogen-bond donors (Lipinski definition) is 5. The summed E-state index contributed by atoms with van der Waals surface area (Å²) >= 11 is 0. The molecule has 0 spiro atoms. The monoisotopic (exact) mass is 185 g/mol. The van der Waals surface area contributed by atoms with Gasteiger partial charge in [-0.05, 0) is 6.42 Å². The van der Waals surface area contributed by atoms with Crippen molar-refractivity contribution in [2.45, 2.75) is 26.2 Å². The van der Waals surface area contributed by atoms with Gasteiger partial charge in [-0.25, -0.2) is 5.43 Å². The lowest BCUT2D eigenvalue weighted by Crippen LogP contribution is -2.54. The van der Waals surface area contributed by atoms with Gasteiger partial charge in [0, 0.05) is 6.54 Å². The summed E-state index contributed by atoms with van der Waals surface area (Å²) in [5.74, 6) is -0.184. The Kier molecular flexibility index (Phi) is 6.62. The van der Waals surface area contributed by atoms with Gasteiger partial charge in [0.15, 0.2) is 6.34 Å². The van der Waals surface area contributed by atoms with Crippen LogP contribution in [0.3, 0.4) is 0 Å². The van der Waals surface area contributed by atoms with Gasteiger partial charge in [0.1, 0.15) is 0 Å². The van der Waals surface area contributed by atoms with E-state index in [-0.39, 0.29) is 5.96 Å². The highest BCUT2D eigenvalue weighted by Gasteiger charge is 2.01. The average Bonchev–Trinajstić information content (AvgIpc) is 2.10. The lowest BCUT2D eigenvalue weighted by Gasteiger charge is -2.21. The Bertz CT molecular complexity index is 157. The molecule has 0 atom stereocenters. The highest BCUT2D eigenvalue weighted by atomic mass is 15.7. The van der Waals surface area contributed by atoms with Gasteiger partial charge in [-0.15, -0.1) is 0 Å². The molecule has 0 bridgehead atoms. The summed E-state index contributed by atoms with van der Waals surface area (Å²) < 4.78 is 0. The van der Waals surface area contributed by atoms with Crippen molar-refractivity contribution in [1.82, 2.24) is 16.0 Å². The van der Waals surface area contributed by atoms with Crippen LogP contribution < -0.4 is 16.6 Å². The summed E-state index contributed by atoms with van der Waals surface area (Å²) in [6.45, 7) is 2.84. The molecular formula is C7H17N6. The molecule has 0 amide bonds. The van der Waals surface area contributed by atoms with Gasteiger partial charge < -0.3 is 5.73 Å². The van der Waals surface area contributed by atoms with Crippen molar-refractivity contribution >= 4 is 12.3 Å². The topological polar surface area (TPSA) is 101 Å². The molecule has 13 heavy (non-hydrogen) atoms. The molecule has 0 saturated heterocycles. The van der Waals surface area contributed by atoms with Crippen LogP contribution in [0.2, 0.25) is 0 Å². The quantitative estimate of drug-likeness (QED) is 0.125. The molecule has 75 valence electrons. The largest absolute Gasteiger partial charge is 0.367 e. The SMILES string of the molecule is CCCCCNN(N[C]=N)C(=N)N. The maximum absolute atomic E-state index is 7.09. The van der Waals surface area contributed by atoms with Gasteiger partial charge in [-0.2, -0.15) is 5.12 Å². The summed E-state index contributed by atoms with van der Waals surface area (Å²) in [5.41, 5.74) is 10.4. The van der Waals surface area contributed by atoms with E-state index in [2.05, 4.69) is 17.8 Å². The van der Waals surface area contributed by atoms with E-state index in [0.29, 0.717) is 0 Å². The number of nitrogens with zero attached hydrogens (tertiary/aromatic N) is 1. The molecule has 0 rings (SSSR count). The first-order valence-corrected chi connectivity index (χ1v) is 4.27. The maximum Gasteiger partial charge on any atom is 0.223 e. The van der Waals surface area contributed by atoms with Crippen LogP contribution in [0.4, 0.5) is 0 Å². The molecular weight excluding hydrogens is 168 g/mol. The van der Waals surface area contributed by atoms with Gasteiger partial charge in [-0.1, -0.05) is 19.8 Å². The number of nitrogens with two attached hydrogens (primary N) is 1. The van der Waals surface area contributed by atoms with E-state index in [1.54, 1.807) is 0 Å². The fraction of sp³-hybridized carbons (Fsp3) is 0.714. The molecule has 0 saturated carbocycles. The standard InChI is InChI=1S/C7H17N6/c1-2-3-4-5-11-13(7(9)10)12-6-8/h11H,2-5H2,1H3,(H2,8,12)(H3,9,10). The highest BCUT2D eigenvalue weighted by molar-refractivity contribution is 5.75. The number of unbranched alkanes of at least 4 members (excludes halogenated alkanes) is 2. The van der Waals surface area contributed by atoms with Gasteiger partial charge in [0.2, 0.25) is 5.96 Å². The number of nitrogens with one attached hydrogen (secondary N) is 4. The smallest absolute Gasteiger partial charge is 0.223 e. The number of hydrazine groups is 2. The van der Waals surface area contributed by atoms with Crippen molar-refractivity contribution in [2.24, 2.45) is 5.73 Å². The Balaban J connectivity index is 3.56. The van der Waals surface area contributed by atoms with Crippen LogP contribution in [0.15, 0.2) is 0 Å². The summed E-state index contributed by atoms with van der Waals surface area (Å²) in [5, 5.41) is 14.9. The van der Waals surface area contributed by atoms with E-state index >= 15 is 0 Å². The summed E-state index contributed by atoms with van der Waals surface area (Å²) in [6, 6.07) is 0.